The van der Waals surface area contributed by atoms with Crippen LogP contribution in [0.3, 0.4) is 0 Å². The van der Waals surface area contributed by atoms with Crippen molar-refractivity contribution in [2.24, 2.45) is 23.7 Å². The van der Waals surface area contributed by atoms with E-state index in [1.165, 1.54) is 4.90 Å². The smallest absolute Gasteiger partial charge is 0.408 e. The van der Waals surface area contributed by atoms with Crippen LogP contribution in [0.2, 0.25) is 0 Å². The zero-order valence-electron chi connectivity index (χ0n) is 34.1. The van der Waals surface area contributed by atoms with E-state index in [-0.39, 0.29) is 54.5 Å². The van der Waals surface area contributed by atoms with Gasteiger partial charge in [0.15, 0.2) is 0 Å². The van der Waals surface area contributed by atoms with Crippen LogP contribution in [0.5, 0.6) is 0 Å². The number of nitrogens with one attached hydrogen (secondary N) is 2. The fraction of sp³-hybridized carbons (Fsp3) is 0.732. The van der Waals surface area contributed by atoms with Crippen molar-refractivity contribution in [2.75, 3.05) is 40.9 Å². The van der Waals surface area contributed by atoms with Crippen LogP contribution in [0.1, 0.15) is 92.9 Å². The zero-order chi connectivity index (χ0) is 40.2. The molecular weight excluding hydrogens is 690 g/mol. The van der Waals surface area contributed by atoms with Crippen molar-refractivity contribution in [3.8, 4) is 0 Å². The third-order valence-corrected chi connectivity index (χ3v) is 11.9. The molecule has 0 bridgehead atoms. The summed E-state index contributed by atoms with van der Waals surface area (Å²) in [6, 6.07) is -1.73. The Hall–Kier alpha value is -3.71. The zero-order valence-corrected chi connectivity index (χ0v) is 34.1. The molecule has 54 heavy (non-hydrogen) atoms. The number of methoxy groups -OCH3 is 2. The molecule has 0 unspecified atom stereocenters. The molecule has 0 saturated carbocycles. The summed E-state index contributed by atoms with van der Waals surface area (Å²) in [6.07, 6.45) is 14.6. The molecule has 1 aliphatic carbocycles. The fourth-order valence-electron chi connectivity index (χ4n) is 8.32. The van der Waals surface area contributed by atoms with E-state index in [1.807, 2.05) is 63.8 Å². The van der Waals surface area contributed by atoms with Crippen LogP contribution in [0.25, 0.3) is 0 Å². The van der Waals surface area contributed by atoms with E-state index in [4.69, 9.17) is 9.47 Å². The quantitative estimate of drug-likeness (QED) is 0.181. The number of hydrogen-bond acceptors (Lipinski definition) is 7. The predicted molar refractivity (Wildman–Crippen MR) is 208 cm³/mol. The second-order valence-electron chi connectivity index (χ2n) is 15.8. The maximum Gasteiger partial charge on any atom is 0.408 e. The van der Waals surface area contributed by atoms with Crippen LogP contribution in [-0.4, -0.2) is 126 Å². The fourth-order valence-corrected chi connectivity index (χ4v) is 8.32. The maximum absolute atomic E-state index is 14.3. The number of allylic oxidation sites excluding steroid dienone is 6. The van der Waals surface area contributed by atoms with Crippen LogP contribution >= 0.6 is 0 Å². The number of hydrogen-bond donors (Lipinski definition) is 3. The topological polar surface area (TPSA) is 158 Å². The van der Waals surface area contributed by atoms with Crippen molar-refractivity contribution >= 4 is 29.7 Å². The van der Waals surface area contributed by atoms with Gasteiger partial charge in [-0.05, 0) is 63.2 Å². The van der Waals surface area contributed by atoms with Crippen LogP contribution in [0, 0.1) is 23.7 Å². The van der Waals surface area contributed by atoms with Gasteiger partial charge in [-0.25, -0.2) is 4.79 Å². The Balaban J connectivity index is 1.73. The molecule has 3 aliphatic rings. The van der Waals surface area contributed by atoms with E-state index in [2.05, 4.69) is 22.8 Å². The molecule has 304 valence electrons. The average molecular weight is 758 g/mol. The van der Waals surface area contributed by atoms with Crippen molar-refractivity contribution in [1.82, 2.24) is 25.3 Å². The minimum absolute atomic E-state index is 0.0122. The highest BCUT2D eigenvalue weighted by molar-refractivity contribution is 5.94. The van der Waals surface area contributed by atoms with E-state index in [0.29, 0.717) is 45.2 Å². The van der Waals surface area contributed by atoms with Gasteiger partial charge < -0.3 is 35.0 Å². The Bertz CT molecular complexity index is 1370. The largest absolute Gasteiger partial charge is 0.465 e. The first-order valence-corrected chi connectivity index (χ1v) is 19.8. The number of likely N-dealkylation sites (N-methyl/N-ethyl adjacent to an activating group) is 1. The number of amides is 5. The summed E-state index contributed by atoms with van der Waals surface area (Å²) < 4.78 is 11.9. The average Bonchev–Trinajstić information content (AvgIpc) is 3.48. The van der Waals surface area contributed by atoms with Crippen LogP contribution < -0.4 is 10.6 Å². The van der Waals surface area contributed by atoms with Gasteiger partial charge in [0, 0.05) is 40.9 Å². The molecule has 0 radical (unpaired) electrons. The summed E-state index contributed by atoms with van der Waals surface area (Å²) in [4.78, 5) is 72.2. The highest BCUT2D eigenvalue weighted by Gasteiger charge is 2.47. The Morgan fingerprint density at radius 2 is 1.63 bits per heavy atom. The first-order chi connectivity index (χ1) is 25.6. The van der Waals surface area contributed by atoms with Crippen molar-refractivity contribution in [1.29, 1.82) is 0 Å². The molecule has 2 saturated heterocycles. The van der Waals surface area contributed by atoms with E-state index in [9.17, 15) is 29.1 Å². The van der Waals surface area contributed by atoms with Crippen molar-refractivity contribution in [3.63, 3.8) is 0 Å². The van der Waals surface area contributed by atoms with Crippen LogP contribution in [0.15, 0.2) is 36.5 Å². The highest BCUT2D eigenvalue weighted by Crippen LogP contribution is 2.31. The van der Waals surface area contributed by atoms with Crippen LogP contribution in [-0.2, 0) is 28.7 Å². The minimum atomic E-state index is -1.29. The molecule has 5 amide bonds. The highest BCUT2D eigenvalue weighted by atomic mass is 16.5. The lowest BCUT2D eigenvalue weighted by molar-refractivity contribution is -0.148. The molecule has 0 spiro atoms. The number of likely N-dealkylation sites (tertiary alicyclic amines) is 2. The Kier molecular flexibility index (Phi) is 17.2. The van der Waals surface area contributed by atoms with E-state index in [1.54, 1.807) is 33.1 Å². The summed E-state index contributed by atoms with van der Waals surface area (Å²) in [7, 11) is 4.81. The minimum Gasteiger partial charge on any atom is -0.465 e. The summed E-state index contributed by atoms with van der Waals surface area (Å²) in [5, 5.41) is 15.8. The van der Waals surface area contributed by atoms with Crippen molar-refractivity contribution in [2.45, 2.75) is 129 Å². The molecule has 0 aromatic rings. The van der Waals surface area contributed by atoms with Gasteiger partial charge in [-0.1, -0.05) is 77.5 Å². The lowest BCUT2D eigenvalue weighted by atomic mass is 9.86. The van der Waals surface area contributed by atoms with Crippen molar-refractivity contribution in [3.05, 3.63) is 36.5 Å². The number of nitrogens with zero attached hydrogens (tertiary/aromatic N) is 3. The van der Waals surface area contributed by atoms with Gasteiger partial charge in [0.1, 0.15) is 11.6 Å². The lowest BCUT2D eigenvalue weighted by Gasteiger charge is -2.43. The first kappa shape index (κ1) is 44.7. The van der Waals surface area contributed by atoms with Gasteiger partial charge >= 0.3 is 6.09 Å². The Labute approximate surface area is 322 Å². The second kappa shape index (κ2) is 20.8. The molecule has 8 atom stereocenters. The summed E-state index contributed by atoms with van der Waals surface area (Å²) in [5.74, 6) is -1.70. The van der Waals surface area contributed by atoms with Gasteiger partial charge in [-0.2, -0.15) is 0 Å². The number of ether oxygens (including phenoxy) is 2. The molecule has 0 aromatic heterocycles. The normalized spacial score (nSPS) is 23.6. The van der Waals surface area contributed by atoms with Crippen molar-refractivity contribution < 1.29 is 38.6 Å². The summed E-state index contributed by atoms with van der Waals surface area (Å²) in [6.45, 7) is 12.5. The number of piperidine rings is 1. The van der Waals surface area contributed by atoms with Gasteiger partial charge in [0.2, 0.25) is 23.6 Å². The second-order valence-corrected chi connectivity index (χ2v) is 15.8. The predicted octanol–water partition coefficient (Wildman–Crippen LogP) is 4.77. The van der Waals surface area contributed by atoms with Gasteiger partial charge in [0.25, 0.3) is 0 Å². The van der Waals surface area contributed by atoms with E-state index in [0.717, 1.165) is 12.8 Å². The molecule has 13 heteroatoms. The lowest BCUT2D eigenvalue weighted by Crippen LogP contribution is -2.64. The number of carbonyl (C=O) groups excluding carboxylic acids is 4. The van der Waals surface area contributed by atoms with E-state index >= 15 is 0 Å². The first-order valence-electron chi connectivity index (χ1n) is 19.8. The Morgan fingerprint density at radius 3 is 2.20 bits per heavy atom. The van der Waals surface area contributed by atoms with Gasteiger partial charge in [0.05, 0.1) is 36.6 Å². The number of carbonyl (C=O) groups is 5. The molecule has 3 N–H and O–H groups in total. The Morgan fingerprint density at radius 1 is 0.963 bits per heavy atom. The van der Waals surface area contributed by atoms with Gasteiger partial charge in [-0.3, -0.25) is 24.1 Å². The molecule has 0 aromatic carbocycles. The van der Waals surface area contributed by atoms with Crippen LogP contribution in [0.4, 0.5) is 4.79 Å². The van der Waals surface area contributed by atoms with E-state index < -0.39 is 47.7 Å². The summed E-state index contributed by atoms with van der Waals surface area (Å²) in [5.41, 5.74) is -1.29. The molecule has 3 rings (SSSR count). The molecule has 2 aliphatic heterocycles. The standard InChI is InChI=1S/C41H67N5O8/c1-10-28(4)35(44(7)38(49)34(27(2)3)43-39(50)41(6)22-15-16-25-46(41)40(51)52)32(53-8)26-33(47)45-24-17-20-31(45)36(54-9)29(5)37(48)42-23-21-30-18-13-11-12-14-19-30/h11-14,18-19,27-32,34-36H,10,15-17,20-26H2,1-9H3,(H,42,48)(H,43,50)(H,51,52)/t28-,29+,31-,32+,34-,35-,36+,41+/m0/s1. The number of rotatable bonds is 18. The summed E-state index contributed by atoms with van der Waals surface area (Å²) >= 11 is 0. The SMILES string of the molecule is CC[C@H](C)[C@@H]([C@@H](CC(=O)N1CCC[C@H]1[C@H](OC)[C@@H](C)C(=O)NCCC1C=CC=CC=C1)OC)N(C)C(=O)[C@@H](NC(=O)[C@@]1(C)CCCCN1C(=O)O)C(C)C. The third kappa shape index (κ3) is 11.0. The molecular formula is C41H67N5O8. The molecule has 13 nitrogen and oxygen atoms in total. The number of carboxylic acid groups (broad SMARTS) is 1. The maximum atomic E-state index is 14.3. The third-order valence-electron chi connectivity index (χ3n) is 11.9. The monoisotopic (exact) mass is 757 g/mol. The molecule has 2 heterocycles. The molecule has 2 fully saturated rings. The van der Waals surface area contributed by atoms with Gasteiger partial charge in [-0.15, -0.1) is 0 Å².